The van der Waals surface area contributed by atoms with Crippen molar-refractivity contribution in [3.63, 3.8) is 0 Å². The summed E-state index contributed by atoms with van der Waals surface area (Å²) >= 11 is 0. The number of carboxylic acid groups (broad SMARTS) is 1. The van der Waals surface area contributed by atoms with Crippen LogP contribution < -0.4 is 0 Å². The van der Waals surface area contributed by atoms with Crippen LogP contribution in [-0.4, -0.2) is 51.8 Å². The van der Waals surface area contributed by atoms with Gasteiger partial charge in [-0.1, -0.05) is 0 Å². The van der Waals surface area contributed by atoms with Gasteiger partial charge in [0.25, 0.3) is 5.91 Å². The van der Waals surface area contributed by atoms with Gasteiger partial charge in [0.15, 0.2) is 0 Å². The molecule has 3 rings (SSSR count). The molecule has 0 aliphatic carbocycles. The second kappa shape index (κ2) is 5.46. The van der Waals surface area contributed by atoms with E-state index in [-0.39, 0.29) is 18.1 Å². The van der Waals surface area contributed by atoms with Crippen molar-refractivity contribution < 1.29 is 19.8 Å². The summed E-state index contributed by atoms with van der Waals surface area (Å²) in [7, 11) is 1.76. The van der Waals surface area contributed by atoms with Crippen molar-refractivity contribution in [3.8, 4) is 0 Å². The molecule has 1 amide bonds. The normalized spacial score (nSPS) is 15.0. The molecule has 116 valence electrons. The minimum absolute atomic E-state index is 0.0750. The van der Waals surface area contributed by atoms with Gasteiger partial charge in [0.05, 0.1) is 12.2 Å². The third-order valence-corrected chi connectivity index (χ3v) is 4.21. The molecule has 6 heteroatoms. The van der Waals surface area contributed by atoms with Crippen LogP contribution in [0.2, 0.25) is 0 Å². The van der Waals surface area contributed by atoms with Gasteiger partial charge in [-0.3, -0.25) is 4.79 Å². The first-order chi connectivity index (χ1) is 10.5. The predicted octanol–water partition coefficient (Wildman–Crippen LogP) is 1.35. The van der Waals surface area contributed by atoms with Crippen LogP contribution >= 0.6 is 0 Å². The zero-order valence-electron chi connectivity index (χ0n) is 12.4. The number of rotatable bonds is 3. The average Bonchev–Trinajstić information content (AvgIpc) is 2.71. The van der Waals surface area contributed by atoms with E-state index in [1.807, 2.05) is 0 Å². The first kappa shape index (κ1) is 14.6. The van der Waals surface area contributed by atoms with Gasteiger partial charge < -0.3 is 19.7 Å². The molecule has 0 bridgehead atoms. The second-order valence-electron chi connectivity index (χ2n) is 5.57. The SMILES string of the molecule is CN1CCCc2c(n(CCO)c3ccc(C(=O)O)cc23)C1=O. The van der Waals surface area contributed by atoms with Gasteiger partial charge in [0, 0.05) is 31.0 Å². The third kappa shape index (κ3) is 2.16. The molecule has 2 heterocycles. The lowest BCUT2D eigenvalue weighted by Crippen LogP contribution is -2.28. The van der Waals surface area contributed by atoms with Gasteiger partial charge in [-0.05, 0) is 36.6 Å². The molecule has 0 unspecified atom stereocenters. The highest BCUT2D eigenvalue weighted by atomic mass is 16.4. The molecule has 0 saturated heterocycles. The Bertz CT molecular complexity index is 763. The van der Waals surface area contributed by atoms with Crippen LogP contribution in [0.1, 0.15) is 32.8 Å². The first-order valence-corrected chi connectivity index (χ1v) is 7.29. The van der Waals surface area contributed by atoms with E-state index in [9.17, 15) is 19.8 Å². The zero-order valence-corrected chi connectivity index (χ0v) is 12.4. The molecule has 1 aliphatic heterocycles. The van der Waals surface area contributed by atoms with Gasteiger partial charge in [-0.2, -0.15) is 0 Å². The number of carboxylic acids is 1. The summed E-state index contributed by atoms with van der Waals surface area (Å²) in [6.07, 6.45) is 1.56. The minimum atomic E-state index is -0.984. The van der Waals surface area contributed by atoms with Crippen LogP contribution in [-0.2, 0) is 13.0 Å². The van der Waals surface area contributed by atoms with Crippen LogP contribution in [0.3, 0.4) is 0 Å². The topological polar surface area (TPSA) is 82.8 Å². The molecule has 22 heavy (non-hydrogen) atoms. The highest BCUT2D eigenvalue weighted by Crippen LogP contribution is 2.31. The summed E-state index contributed by atoms with van der Waals surface area (Å²) in [4.78, 5) is 25.5. The fraction of sp³-hybridized carbons (Fsp3) is 0.375. The maximum Gasteiger partial charge on any atom is 0.335 e. The molecule has 2 N–H and O–H groups in total. The smallest absolute Gasteiger partial charge is 0.335 e. The van der Waals surface area contributed by atoms with Crippen LogP contribution in [0, 0.1) is 0 Å². The molecule has 1 aliphatic rings. The Morgan fingerprint density at radius 3 is 2.82 bits per heavy atom. The fourth-order valence-corrected chi connectivity index (χ4v) is 3.16. The van der Waals surface area contributed by atoms with Crippen LogP contribution in [0.5, 0.6) is 0 Å². The Hall–Kier alpha value is -2.34. The summed E-state index contributed by atoms with van der Waals surface area (Å²) in [5.74, 6) is -1.06. The van der Waals surface area contributed by atoms with Gasteiger partial charge in [-0.25, -0.2) is 4.79 Å². The highest BCUT2D eigenvalue weighted by molar-refractivity contribution is 6.04. The first-order valence-electron chi connectivity index (χ1n) is 7.29. The zero-order chi connectivity index (χ0) is 15.9. The van der Waals surface area contributed by atoms with E-state index in [0.29, 0.717) is 18.8 Å². The maximum absolute atomic E-state index is 12.6. The molecule has 0 spiro atoms. The van der Waals surface area contributed by atoms with Crippen molar-refractivity contribution in [1.82, 2.24) is 9.47 Å². The predicted molar refractivity (Wildman–Crippen MR) is 81.3 cm³/mol. The Morgan fingerprint density at radius 1 is 1.36 bits per heavy atom. The number of carbonyl (C=O) groups excluding carboxylic acids is 1. The van der Waals surface area contributed by atoms with Crippen LogP contribution in [0.15, 0.2) is 18.2 Å². The molecule has 1 aromatic heterocycles. The Labute approximate surface area is 127 Å². The molecule has 0 saturated carbocycles. The van der Waals surface area contributed by atoms with E-state index in [4.69, 9.17) is 0 Å². The molecule has 0 fully saturated rings. The number of amides is 1. The van der Waals surface area contributed by atoms with Crippen molar-refractivity contribution in [2.45, 2.75) is 19.4 Å². The van der Waals surface area contributed by atoms with Crippen molar-refractivity contribution >= 4 is 22.8 Å². The lowest BCUT2D eigenvalue weighted by atomic mass is 10.0. The van der Waals surface area contributed by atoms with E-state index in [0.717, 1.165) is 29.3 Å². The van der Waals surface area contributed by atoms with Gasteiger partial charge >= 0.3 is 5.97 Å². The van der Waals surface area contributed by atoms with Gasteiger partial charge in [0.1, 0.15) is 5.69 Å². The molecule has 0 atom stereocenters. The Kier molecular flexibility index (Phi) is 3.62. The number of hydrogen-bond donors (Lipinski definition) is 2. The quantitative estimate of drug-likeness (QED) is 0.896. The molecular formula is C16H18N2O4. The number of aromatic nitrogens is 1. The highest BCUT2D eigenvalue weighted by Gasteiger charge is 2.27. The summed E-state index contributed by atoms with van der Waals surface area (Å²) in [6.45, 7) is 0.915. The van der Waals surface area contributed by atoms with E-state index < -0.39 is 5.97 Å². The van der Waals surface area contributed by atoms with Gasteiger partial charge in [-0.15, -0.1) is 0 Å². The van der Waals surface area contributed by atoms with Crippen molar-refractivity contribution in [2.24, 2.45) is 0 Å². The number of aliphatic hydroxyl groups is 1. The summed E-state index contributed by atoms with van der Waals surface area (Å²) in [5, 5.41) is 19.3. The minimum Gasteiger partial charge on any atom is -0.478 e. The van der Waals surface area contributed by atoms with Crippen LogP contribution in [0.4, 0.5) is 0 Å². The second-order valence-corrected chi connectivity index (χ2v) is 5.57. The summed E-state index contributed by atoms with van der Waals surface area (Å²) < 4.78 is 1.81. The molecule has 6 nitrogen and oxygen atoms in total. The van der Waals surface area contributed by atoms with Gasteiger partial charge in [0.2, 0.25) is 0 Å². The Morgan fingerprint density at radius 2 is 2.14 bits per heavy atom. The number of hydrogen-bond acceptors (Lipinski definition) is 3. The Balaban J connectivity index is 2.32. The lowest BCUT2D eigenvalue weighted by Gasteiger charge is -2.16. The van der Waals surface area contributed by atoms with E-state index in [2.05, 4.69) is 0 Å². The van der Waals surface area contributed by atoms with Crippen LogP contribution in [0.25, 0.3) is 10.9 Å². The summed E-state index contributed by atoms with van der Waals surface area (Å²) in [6, 6.07) is 4.88. The lowest BCUT2D eigenvalue weighted by molar-refractivity contribution is 0.0696. The molecule has 2 aromatic rings. The largest absolute Gasteiger partial charge is 0.478 e. The number of fused-ring (bicyclic) bond motifs is 3. The van der Waals surface area contributed by atoms with Crippen molar-refractivity contribution in [3.05, 3.63) is 35.0 Å². The fourth-order valence-electron chi connectivity index (χ4n) is 3.16. The molecule has 0 radical (unpaired) electrons. The monoisotopic (exact) mass is 302 g/mol. The number of aryl methyl sites for hydroxylation is 1. The number of nitrogens with zero attached hydrogens (tertiary/aromatic N) is 2. The standard InChI is InChI=1S/C16H18N2O4/c1-17-6-2-3-11-12-9-10(16(21)22)4-5-13(12)18(7-8-19)14(11)15(17)20/h4-5,9,19H,2-3,6-8H2,1H3,(H,21,22). The molecular weight excluding hydrogens is 284 g/mol. The number of carbonyl (C=O) groups is 2. The van der Waals surface area contributed by atoms with E-state index in [1.54, 1.807) is 28.6 Å². The number of aliphatic hydroxyl groups excluding tert-OH is 1. The van der Waals surface area contributed by atoms with E-state index >= 15 is 0 Å². The van der Waals surface area contributed by atoms with Crippen molar-refractivity contribution in [1.29, 1.82) is 0 Å². The number of aromatic carboxylic acids is 1. The third-order valence-electron chi connectivity index (χ3n) is 4.21. The average molecular weight is 302 g/mol. The maximum atomic E-state index is 12.6. The molecule has 1 aromatic carbocycles. The van der Waals surface area contributed by atoms with E-state index in [1.165, 1.54) is 6.07 Å². The van der Waals surface area contributed by atoms with Crippen molar-refractivity contribution in [2.75, 3.05) is 20.2 Å². The number of benzene rings is 1. The summed E-state index contributed by atoms with van der Waals surface area (Å²) in [5.41, 5.74) is 2.47.